The molecular formula is C8H12N4O4. The van der Waals surface area contributed by atoms with Gasteiger partial charge in [-0.25, -0.2) is 0 Å². The van der Waals surface area contributed by atoms with Crippen molar-refractivity contribution in [1.82, 2.24) is 10.2 Å². The highest BCUT2D eigenvalue weighted by Crippen LogP contribution is 2.31. The van der Waals surface area contributed by atoms with Crippen molar-refractivity contribution < 1.29 is 14.8 Å². The number of rotatable bonds is 4. The molecule has 1 aromatic heterocycles. The van der Waals surface area contributed by atoms with Crippen molar-refractivity contribution in [3.63, 3.8) is 0 Å². The normalized spacial score (nSPS) is 13.4. The lowest BCUT2D eigenvalue weighted by atomic mass is 9.81. The first kappa shape index (κ1) is 12.1. The standard InChI is InChI=1S/C8H12N4O4/c1-8(2,5(9)7(13)14)6-4(12(15)16)3-10-11-6/h3,5H,9H2,1-2H3,(H,10,11)(H,13,14). The van der Waals surface area contributed by atoms with E-state index >= 15 is 0 Å². The summed E-state index contributed by atoms with van der Waals surface area (Å²) < 4.78 is 0. The highest BCUT2D eigenvalue weighted by atomic mass is 16.6. The van der Waals surface area contributed by atoms with Gasteiger partial charge in [0.25, 0.3) is 0 Å². The Hall–Kier alpha value is -1.96. The molecule has 1 rings (SSSR count). The first-order chi connectivity index (χ1) is 7.28. The Kier molecular flexibility index (Phi) is 2.95. The maximum absolute atomic E-state index is 10.8. The van der Waals surface area contributed by atoms with Gasteiger partial charge in [0.05, 0.1) is 4.92 Å². The van der Waals surface area contributed by atoms with Crippen LogP contribution in [0, 0.1) is 10.1 Å². The van der Waals surface area contributed by atoms with E-state index in [2.05, 4.69) is 10.2 Å². The summed E-state index contributed by atoms with van der Waals surface area (Å²) in [6.45, 7) is 3.01. The predicted octanol–water partition coefficient (Wildman–Crippen LogP) is 0.00740. The largest absolute Gasteiger partial charge is 0.480 e. The molecule has 16 heavy (non-hydrogen) atoms. The van der Waals surface area contributed by atoms with Crippen molar-refractivity contribution >= 4 is 11.7 Å². The minimum Gasteiger partial charge on any atom is -0.480 e. The SMILES string of the molecule is CC(C)(c1[nH]ncc1[N+](=O)[O-])C(N)C(=O)O. The number of hydrogen-bond donors (Lipinski definition) is 3. The fourth-order valence-corrected chi connectivity index (χ4v) is 1.36. The van der Waals surface area contributed by atoms with E-state index in [4.69, 9.17) is 10.8 Å². The number of nitrogens with two attached hydrogens (primary N) is 1. The minimum absolute atomic E-state index is 0.104. The van der Waals surface area contributed by atoms with E-state index in [0.717, 1.165) is 6.20 Å². The van der Waals surface area contributed by atoms with E-state index in [9.17, 15) is 14.9 Å². The van der Waals surface area contributed by atoms with Crippen LogP contribution in [0.25, 0.3) is 0 Å². The van der Waals surface area contributed by atoms with Gasteiger partial charge in [-0.3, -0.25) is 20.0 Å². The number of H-pyrrole nitrogens is 1. The Labute approximate surface area is 90.6 Å². The molecule has 8 nitrogen and oxygen atoms in total. The van der Waals surface area contributed by atoms with E-state index in [1.165, 1.54) is 13.8 Å². The summed E-state index contributed by atoms with van der Waals surface area (Å²) in [5.74, 6) is -1.23. The van der Waals surface area contributed by atoms with Crippen LogP contribution >= 0.6 is 0 Å². The van der Waals surface area contributed by atoms with Crippen LogP contribution in [0.3, 0.4) is 0 Å². The highest BCUT2D eigenvalue weighted by molar-refractivity contribution is 5.75. The summed E-state index contributed by atoms with van der Waals surface area (Å²) in [5, 5.41) is 25.5. The van der Waals surface area contributed by atoms with Crippen molar-refractivity contribution in [3.05, 3.63) is 22.0 Å². The average Bonchev–Trinajstić information content (AvgIpc) is 2.65. The number of nitrogens with zero attached hydrogens (tertiary/aromatic N) is 2. The Morgan fingerprint density at radius 2 is 2.31 bits per heavy atom. The number of carboxylic acid groups (broad SMARTS) is 1. The summed E-state index contributed by atoms with van der Waals surface area (Å²) in [6, 6.07) is -1.26. The second kappa shape index (κ2) is 3.89. The van der Waals surface area contributed by atoms with Crippen LogP contribution in [0.1, 0.15) is 19.5 Å². The fourth-order valence-electron chi connectivity index (χ4n) is 1.36. The zero-order valence-corrected chi connectivity index (χ0v) is 8.80. The molecule has 0 fully saturated rings. The zero-order valence-electron chi connectivity index (χ0n) is 8.80. The molecule has 0 bridgehead atoms. The molecule has 1 heterocycles. The van der Waals surface area contributed by atoms with Gasteiger partial charge < -0.3 is 10.8 Å². The second-order valence-corrected chi connectivity index (χ2v) is 3.92. The number of carboxylic acids is 1. The minimum atomic E-state index is -1.26. The van der Waals surface area contributed by atoms with Crippen LogP contribution in [0.2, 0.25) is 0 Å². The molecule has 8 heteroatoms. The van der Waals surface area contributed by atoms with Crippen molar-refractivity contribution in [2.45, 2.75) is 25.3 Å². The quantitative estimate of drug-likeness (QED) is 0.490. The van der Waals surface area contributed by atoms with Gasteiger partial charge >= 0.3 is 11.7 Å². The maximum atomic E-state index is 10.8. The lowest BCUT2D eigenvalue weighted by molar-refractivity contribution is -0.386. The van der Waals surface area contributed by atoms with Crippen molar-refractivity contribution in [3.8, 4) is 0 Å². The topological polar surface area (TPSA) is 135 Å². The maximum Gasteiger partial charge on any atom is 0.321 e. The van der Waals surface area contributed by atoms with Gasteiger partial charge in [-0.05, 0) is 0 Å². The first-order valence-electron chi connectivity index (χ1n) is 4.45. The van der Waals surface area contributed by atoms with Crippen LogP contribution in [0.5, 0.6) is 0 Å². The molecule has 0 aliphatic carbocycles. The fraction of sp³-hybridized carbons (Fsp3) is 0.500. The van der Waals surface area contributed by atoms with Gasteiger partial charge in [-0.2, -0.15) is 5.10 Å². The number of hydrogen-bond acceptors (Lipinski definition) is 5. The molecule has 88 valence electrons. The molecule has 0 aliphatic heterocycles. The highest BCUT2D eigenvalue weighted by Gasteiger charge is 2.40. The van der Waals surface area contributed by atoms with Crippen LogP contribution < -0.4 is 5.73 Å². The summed E-state index contributed by atoms with van der Waals surface area (Å²) in [5.41, 5.74) is 4.22. The molecule has 1 atom stereocenters. The van der Waals surface area contributed by atoms with Crippen LogP contribution in [0.15, 0.2) is 6.20 Å². The van der Waals surface area contributed by atoms with Crippen LogP contribution in [0.4, 0.5) is 5.69 Å². The Bertz CT molecular complexity index is 425. The first-order valence-corrected chi connectivity index (χ1v) is 4.45. The average molecular weight is 228 g/mol. The molecular weight excluding hydrogens is 216 g/mol. The number of nitro groups is 1. The summed E-state index contributed by atoms with van der Waals surface area (Å²) in [4.78, 5) is 20.8. The molecule has 0 aliphatic rings. The third-order valence-electron chi connectivity index (χ3n) is 2.50. The molecule has 0 saturated carbocycles. The van der Waals surface area contributed by atoms with E-state index in [1.54, 1.807) is 0 Å². The smallest absolute Gasteiger partial charge is 0.321 e. The van der Waals surface area contributed by atoms with E-state index in [-0.39, 0.29) is 11.4 Å². The van der Waals surface area contributed by atoms with Gasteiger partial charge in [0.15, 0.2) is 0 Å². The Morgan fingerprint density at radius 1 is 1.75 bits per heavy atom. The predicted molar refractivity (Wildman–Crippen MR) is 53.9 cm³/mol. The molecule has 0 saturated heterocycles. The molecule has 0 spiro atoms. The molecule has 4 N–H and O–H groups in total. The second-order valence-electron chi connectivity index (χ2n) is 3.92. The monoisotopic (exact) mass is 228 g/mol. The number of aliphatic carboxylic acids is 1. The molecule has 1 aromatic rings. The molecule has 0 amide bonds. The molecule has 1 unspecified atom stereocenters. The summed E-state index contributed by atoms with van der Waals surface area (Å²) in [7, 11) is 0. The zero-order chi connectivity index (χ0) is 12.5. The van der Waals surface area contributed by atoms with Crippen molar-refractivity contribution in [1.29, 1.82) is 0 Å². The van der Waals surface area contributed by atoms with Crippen LogP contribution in [-0.4, -0.2) is 32.2 Å². The molecule has 0 aromatic carbocycles. The number of carbonyl (C=O) groups is 1. The van der Waals surface area contributed by atoms with Gasteiger partial charge in [0, 0.05) is 5.41 Å². The Balaban J connectivity index is 3.21. The third-order valence-corrected chi connectivity index (χ3v) is 2.50. The summed E-state index contributed by atoms with van der Waals surface area (Å²) >= 11 is 0. The lowest BCUT2D eigenvalue weighted by Crippen LogP contribution is -2.47. The van der Waals surface area contributed by atoms with Crippen LogP contribution in [-0.2, 0) is 10.2 Å². The van der Waals surface area contributed by atoms with E-state index in [1.807, 2.05) is 0 Å². The third kappa shape index (κ3) is 1.87. The Morgan fingerprint density at radius 3 is 2.75 bits per heavy atom. The number of aromatic nitrogens is 2. The van der Waals surface area contributed by atoms with Gasteiger partial charge in [0.1, 0.15) is 17.9 Å². The number of aromatic amines is 1. The van der Waals surface area contributed by atoms with Crippen molar-refractivity contribution in [2.75, 3.05) is 0 Å². The summed E-state index contributed by atoms with van der Waals surface area (Å²) in [6.07, 6.45) is 1.03. The van der Waals surface area contributed by atoms with Gasteiger partial charge in [-0.1, -0.05) is 13.8 Å². The van der Waals surface area contributed by atoms with Gasteiger partial charge in [0.2, 0.25) is 0 Å². The van der Waals surface area contributed by atoms with Gasteiger partial charge in [-0.15, -0.1) is 0 Å². The lowest BCUT2D eigenvalue weighted by Gasteiger charge is -2.26. The number of nitrogens with one attached hydrogen (secondary N) is 1. The van der Waals surface area contributed by atoms with E-state index < -0.39 is 22.3 Å². The molecule has 0 radical (unpaired) electrons. The van der Waals surface area contributed by atoms with E-state index in [0.29, 0.717) is 0 Å². The van der Waals surface area contributed by atoms with Crippen molar-refractivity contribution in [2.24, 2.45) is 5.73 Å².